The summed E-state index contributed by atoms with van der Waals surface area (Å²) in [5, 5.41) is 0.448. The summed E-state index contributed by atoms with van der Waals surface area (Å²) in [5.74, 6) is 1.22. The highest BCUT2D eigenvalue weighted by Gasteiger charge is 2.20. The van der Waals surface area contributed by atoms with Crippen LogP contribution in [0.25, 0.3) is 22.6 Å². The number of hydrogen-bond acceptors (Lipinski definition) is 5. The maximum atomic E-state index is 10.8. The summed E-state index contributed by atoms with van der Waals surface area (Å²) < 4.78 is 0. The zero-order chi connectivity index (χ0) is 18.5. The molecule has 26 heavy (non-hydrogen) atoms. The zero-order valence-corrected chi connectivity index (χ0v) is 15.6. The molecule has 0 aliphatic carbocycles. The highest BCUT2D eigenvalue weighted by molar-refractivity contribution is 6.32. The number of halogens is 1. The first-order chi connectivity index (χ1) is 12.7. The lowest BCUT2D eigenvalue weighted by Crippen LogP contribution is -2.46. The Hall–Kier alpha value is -2.67. The molecule has 4 rings (SSSR count). The van der Waals surface area contributed by atoms with Crippen molar-refractivity contribution in [3.05, 3.63) is 35.5 Å². The number of anilines is 1. The van der Waals surface area contributed by atoms with E-state index in [0.717, 1.165) is 17.4 Å². The van der Waals surface area contributed by atoms with E-state index in [4.69, 9.17) is 11.6 Å². The van der Waals surface area contributed by atoms with E-state index >= 15 is 0 Å². The van der Waals surface area contributed by atoms with Gasteiger partial charge in [0.15, 0.2) is 5.82 Å². The second-order valence-electron chi connectivity index (χ2n) is 5.60. The summed E-state index contributed by atoms with van der Waals surface area (Å²) in [5.41, 5.74) is 2.38. The molecule has 1 N–H and O–H groups in total. The summed E-state index contributed by atoms with van der Waals surface area (Å²) >= 11 is 6.28. The molecule has 8 heteroatoms. The van der Waals surface area contributed by atoms with Crippen molar-refractivity contribution in [1.29, 1.82) is 0 Å². The van der Waals surface area contributed by atoms with Crippen molar-refractivity contribution in [2.75, 3.05) is 31.1 Å². The Labute approximate surface area is 157 Å². The van der Waals surface area contributed by atoms with Crippen LogP contribution in [-0.4, -0.2) is 57.4 Å². The third-order valence-corrected chi connectivity index (χ3v) is 4.37. The topological polar surface area (TPSA) is 78.0 Å². The molecule has 1 aliphatic heterocycles. The number of carbonyl (C=O) groups is 1. The molecule has 3 aromatic rings. The fourth-order valence-corrected chi connectivity index (χ4v) is 2.95. The largest absolute Gasteiger partial charge is 0.342 e. The molecular weight excluding hydrogens is 352 g/mol. The number of piperazine rings is 1. The van der Waals surface area contributed by atoms with Gasteiger partial charge in [-0.25, -0.2) is 15.0 Å². The number of carbonyl (C=O) groups excluding carboxylic acids is 1. The van der Waals surface area contributed by atoms with Crippen molar-refractivity contribution in [3.8, 4) is 11.5 Å². The van der Waals surface area contributed by atoms with Gasteiger partial charge >= 0.3 is 0 Å². The Morgan fingerprint density at radius 1 is 1.12 bits per heavy atom. The van der Waals surface area contributed by atoms with E-state index in [2.05, 4.69) is 19.9 Å². The summed E-state index contributed by atoms with van der Waals surface area (Å²) in [6.07, 6.45) is 2.47. The molecule has 1 fully saturated rings. The first-order valence-corrected chi connectivity index (χ1v) is 9.04. The molecule has 2 aromatic heterocycles. The average Bonchev–Trinajstić information content (AvgIpc) is 3.14. The smallest absolute Gasteiger partial charge is 0.226 e. The Morgan fingerprint density at radius 2 is 1.85 bits per heavy atom. The molecule has 0 atom stereocenters. The minimum atomic E-state index is 0.448. The number of nitrogens with zero attached hydrogens (tertiary/aromatic N) is 5. The van der Waals surface area contributed by atoms with Crippen LogP contribution in [-0.2, 0) is 4.79 Å². The summed E-state index contributed by atoms with van der Waals surface area (Å²) in [6.45, 7) is 6.71. The Balaban J connectivity index is 0.000000948. The maximum Gasteiger partial charge on any atom is 0.226 e. The molecule has 1 saturated heterocycles. The predicted molar refractivity (Wildman–Crippen MR) is 103 cm³/mol. The SMILES string of the molecule is CC.O=CN1CCN(c2ncc(Cl)c(-c3nc4ccccc4[nH]3)n2)CC1. The number of imidazole rings is 1. The lowest BCUT2D eigenvalue weighted by molar-refractivity contribution is -0.118. The highest BCUT2D eigenvalue weighted by Crippen LogP contribution is 2.27. The monoisotopic (exact) mass is 372 g/mol. The number of benzene rings is 1. The number of hydrogen-bond donors (Lipinski definition) is 1. The van der Waals surface area contributed by atoms with Gasteiger partial charge in [0.2, 0.25) is 12.4 Å². The quantitative estimate of drug-likeness (QED) is 0.715. The zero-order valence-electron chi connectivity index (χ0n) is 14.8. The summed E-state index contributed by atoms with van der Waals surface area (Å²) in [6, 6.07) is 7.78. The van der Waals surface area contributed by atoms with Crippen LogP contribution < -0.4 is 4.90 Å². The van der Waals surface area contributed by atoms with Gasteiger partial charge in [-0.2, -0.15) is 0 Å². The van der Waals surface area contributed by atoms with Crippen molar-refractivity contribution < 1.29 is 4.79 Å². The first-order valence-electron chi connectivity index (χ1n) is 8.66. The van der Waals surface area contributed by atoms with Gasteiger partial charge in [-0.15, -0.1) is 0 Å². The number of aromatic nitrogens is 4. The number of para-hydroxylation sites is 2. The van der Waals surface area contributed by atoms with Gasteiger partial charge in [-0.3, -0.25) is 4.79 Å². The van der Waals surface area contributed by atoms with Crippen LogP contribution in [0.4, 0.5) is 5.95 Å². The number of H-pyrrole nitrogens is 1. The van der Waals surface area contributed by atoms with Crippen LogP contribution >= 0.6 is 11.6 Å². The van der Waals surface area contributed by atoms with Gasteiger partial charge in [0, 0.05) is 26.2 Å². The fraction of sp³-hybridized carbons (Fsp3) is 0.333. The van der Waals surface area contributed by atoms with E-state index in [9.17, 15) is 4.79 Å². The van der Waals surface area contributed by atoms with Crippen LogP contribution in [0.2, 0.25) is 5.02 Å². The molecule has 0 unspecified atom stereocenters. The molecule has 3 heterocycles. The van der Waals surface area contributed by atoms with E-state index < -0.39 is 0 Å². The van der Waals surface area contributed by atoms with Crippen molar-refractivity contribution in [2.45, 2.75) is 13.8 Å². The molecule has 1 aromatic carbocycles. The van der Waals surface area contributed by atoms with Gasteiger partial charge < -0.3 is 14.8 Å². The Morgan fingerprint density at radius 3 is 2.54 bits per heavy atom. The average molecular weight is 373 g/mol. The number of fused-ring (bicyclic) bond motifs is 1. The van der Waals surface area contributed by atoms with E-state index in [1.165, 1.54) is 0 Å². The molecule has 1 amide bonds. The van der Waals surface area contributed by atoms with Crippen LogP contribution in [0.3, 0.4) is 0 Å². The first kappa shape index (κ1) is 18.1. The minimum absolute atomic E-state index is 0.448. The summed E-state index contributed by atoms with van der Waals surface area (Å²) in [4.78, 5) is 31.3. The van der Waals surface area contributed by atoms with Crippen LogP contribution in [0.15, 0.2) is 30.5 Å². The van der Waals surface area contributed by atoms with E-state index in [1.54, 1.807) is 11.1 Å². The Kier molecular flexibility index (Phi) is 5.68. The van der Waals surface area contributed by atoms with Gasteiger partial charge in [-0.1, -0.05) is 37.6 Å². The third-order valence-electron chi connectivity index (χ3n) is 4.09. The number of aromatic amines is 1. The van der Waals surface area contributed by atoms with Crippen molar-refractivity contribution in [2.24, 2.45) is 0 Å². The lowest BCUT2D eigenvalue weighted by atomic mass is 10.3. The normalized spacial score (nSPS) is 14.1. The molecule has 0 saturated carbocycles. The minimum Gasteiger partial charge on any atom is -0.342 e. The molecule has 0 bridgehead atoms. The van der Waals surface area contributed by atoms with Crippen molar-refractivity contribution in [1.82, 2.24) is 24.8 Å². The van der Waals surface area contributed by atoms with Crippen molar-refractivity contribution >= 4 is 35.0 Å². The van der Waals surface area contributed by atoms with E-state index in [1.807, 2.05) is 43.0 Å². The third kappa shape index (κ3) is 3.62. The second-order valence-corrected chi connectivity index (χ2v) is 6.00. The molecule has 0 spiro atoms. The number of nitrogens with one attached hydrogen (secondary N) is 1. The number of rotatable bonds is 3. The van der Waals surface area contributed by atoms with Crippen LogP contribution in [0.1, 0.15) is 13.8 Å². The predicted octanol–water partition coefficient (Wildman–Crippen LogP) is 2.98. The van der Waals surface area contributed by atoms with Gasteiger partial charge in [-0.05, 0) is 12.1 Å². The van der Waals surface area contributed by atoms with Gasteiger partial charge in [0.1, 0.15) is 5.69 Å². The lowest BCUT2D eigenvalue weighted by Gasteiger charge is -2.32. The summed E-state index contributed by atoms with van der Waals surface area (Å²) in [7, 11) is 0. The second kappa shape index (κ2) is 8.14. The molecule has 7 nitrogen and oxygen atoms in total. The molecule has 1 aliphatic rings. The molecule has 136 valence electrons. The van der Waals surface area contributed by atoms with Crippen molar-refractivity contribution in [3.63, 3.8) is 0 Å². The van der Waals surface area contributed by atoms with E-state index in [-0.39, 0.29) is 0 Å². The maximum absolute atomic E-state index is 10.8. The number of amides is 1. The molecular formula is C18H21ClN6O. The standard InChI is InChI=1S/C16H15ClN6O.C2H6/c17-11-9-18-16(23-7-5-22(10-24)6-8-23)21-14(11)15-19-12-3-1-2-4-13(12)20-15;1-2/h1-4,9-10H,5-8H2,(H,19,20);1-2H3. The van der Waals surface area contributed by atoms with Crippen LogP contribution in [0, 0.1) is 0 Å². The van der Waals surface area contributed by atoms with Crippen LogP contribution in [0.5, 0.6) is 0 Å². The van der Waals surface area contributed by atoms with Gasteiger partial charge in [0.05, 0.1) is 22.3 Å². The highest BCUT2D eigenvalue weighted by atomic mass is 35.5. The fourth-order valence-electron chi connectivity index (χ4n) is 2.77. The molecule has 0 radical (unpaired) electrons. The van der Waals surface area contributed by atoms with E-state index in [0.29, 0.717) is 48.7 Å². The Bertz CT molecular complexity index is 855. The van der Waals surface area contributed by atoms with Gasteiger partial charge in [0.25, 0.3) is 0 Å².